The van der Waals surface area contributed by atoms with Crippen molar-refractivity contribution in [1.29, 1.82) is 0 Å². The van der Waals surface area contributed by atoms with Gasteiger partial charge < -0.3 is 5.11 Å². The molecule has 0 radical (unpaired) electrons. The number of rotatable bonds is 5. The topological polar surface area (TPSA) is 79.5 Å². The Morgan fingerprint density at radius 1 is 1.55 bits per heavy atom. The summed E-state index contributed by atoms with van der Waals surface area (Å²) in [6.07, 6.45) is 3.49. The molecule has 1 aliphatic heterocycles. The quantitative estimate of drug-likeness (QED) is 0.657. The number of nitrogens with zero attached hydrogens (tertiary/aromatic N) is 3. The zero-order chi connectivity index (χ0) is 14.7. The maximum atomic E-state index is 11.1. The highest BCUT2D eigenvalue weighted by Crippen LogP contribution is 2.27. The minimum Gasteiger partial charge on any atom is -0.396 e. The summed E-state index contributed by atoms with van der Waals surface area (Å²) in [5.41, 5.74) is 2.24. The molecule has 0 bridgehead atoms. The Morgan fingerprint density at radius 3 is 2.95 bits per heavy atom. The summed E-state index contributed by atoms with van der Waals surface area (Å²) in [5.74, 6) is 0.528. The molecule has 1 aliphatic rings. The molecule has 0 aromatic carbocycles. The average molecular weight is 279 g/mol. The Bertz CT molecular complexity index is 505. The molecular formula is C14H21N3O3. The monoisotopic (exact) mass is 279 g/mol. The van der Waals surface area contributed by atoms with E-state index in [4.69, 9.17) is 5.11 Å². The van der Waals surface area contributed by atoms with Crippen LogP contribution in [0.4, 0.5) is 5.69 Å². The van der Waals surface area contributed by atoms with Crippen molar-refractivity contribution in [3.63, 3.8) is 0 Å². The van der Waals surface area contributed by atoms with Gasteiger partial charge in [0.15, 0.2) is 0 Å². The van der Waals surface area contributed by atoms with Crippen LogP contribution in [0.3, 0.4) is 0 Å². The molecule has 1 unspecified atom stereocenters. The fourth-order valence-corrected chi connectivity index (χ4v) is 2.89. The van der Waals surface area contributed by atoms with Gasteiger partial charge >= 0.3 is 0 Å². The van der Waals surface area contributed by atoms with Crippen molar-refractivity contribution in [2.24, 2.45) is 5.92 Å². The standard InChI is InChI=1S/C14H21N3O3/c1-10-7-15-13(11(2)14(10)17(19)20)9-16-5-3-12(8-16)4-6-18/h7,12,18H,3-6,8-9H2,1-2H3. The summed E-state index contributed by atoms with van der Waals surface area (Å²) in [6, 6.07) is 0. The Hall–Kier alpha value is -1.53. The van der Waals surface area contributed by atoms with E-state index in [2.05, 4.69) is 9.88 Å². The van der Waals surface area contributed by atoms with Crippen LogP contribution in [0, 0.1) is 29.9 Å². The smallest absolute Gasteiger partial charge is 0.278 e. The van der Waals surface area contributed by atoms with Crippen LogP contribution in [0.2, 0.25) is 0 Å². The number of nitro groups is 1. The van der Waals surface area contributed by atoms with Crippen LogP contribution in [0.25, 0.3) is 0 Å². The molecule has 20 heavy (non-hydrogen) atoms. The van der Waals surface area contributed by atoms with Crippen molar-refractivity contribution >= 4 is 5.69 Å². The highest BCUT2D eigenvalue weighted by Gasteiger charge is 2.25. The molecular weight excluding hydrogens is 258 g/mol. The van der Waals surface area contributed by atoms with Crippen LogP contribution in [-0.4, -0.2) is 39.6 Å². The predicted octanol–water partition coefficient (Wildman–Crippen LogP) is 1.81. The lowest BCUT2D eigenvalue weighted by Gasteiger charge is -2.17. The lowest BCUT2D eigenvalue weighted by atomic mass is 10.1. The van der Waals surface area contributed by atoms with Gasteiger partial charge in [-0.05, 0) is 39.2 Å². The molecule has 110 valence electrons. The van der Waals surface area contributed by atoms with Crippen molar-refractivity contribution in [3.05, 3.63) is 33.1 Å². The summed E-state index contributed by atoms with van der Waals surface area (Å²) in [5, 5.41) is 20.1. The number of hydrogen-bond donors (Lipinski definition) is 1. The van der Waals surface area contributed by atoms with E-state index in [1.165, 1.54) is 0 Å². The van der Waals surface area contributed by atoms with E-state index >= 15 is 0 Å². The molecule has 2 rings (SSSR count). The highest BCUT2D eigenvalue weighted by atomic mass is 16.6. The maximum Gasteiger partial charge on any atom is 0.278 e. The van der Waals surface area contributed by atoms with Crippen molar-refractivity contribution in [1.82, 2.24) is 9.88 Å². The van der Waals surface area contributed by atoms with Crippen molar-refractivity contribution in [3.8, 4) is 0 Å². The number of aliphatic hydroxyl groups excluding tert-OH is 1. The second-order valence-electron chi connectivity index (χ2n) is 5.52. The van der Waals surface area contributed by atoms with Gasteiger partial charge in [-0.3, -0.25) is 20.0 Å². The second-order valence-corrected chi connectivity index (χ2v) is 5.52. The van der Waals surface area contributed by atoms with Gasteiger partial charge in [-0.15, -0.1) is 0 Å². The minimum atomic E-state index is -0.325. The van der Waals surface area contributed by atoms with Crippen molar-refractivity contribution in [2.45, 2.75) is 33.2 Å². The number of aromatic nitrogens is 1. The Morgan fingerprint density at radius 2 is 2.30 bits per heavy atom. The average Bonchev–Trinajstić information content (AvgIpc) is 2.81. The Kier molecular flexibility index (Phi) is 4.67. The van der Waals surface area contributed by atoms with E-state index in [9.17, 15) is 10.1 Å². The van der Waals surface area contributed by atoms with Crippen LogP contribution >= 0.6 is 0 Å². The third-order valence-electron chi connectivity index (χ3n) is 4.04. The molecule has 1 N–H and O–H groups in total. The lowest BCUT2D eigenvalue weighted by Crippen LogP contribution is -2.22. The van der Waals surface area contributed by atoms with E-state index in [0.717, 1.165) is 31.6 Å². The molecule has 6 nitrogen and oxygen atoms in total. The van der Waals surface area contributed by atoms with Crippen LogP contribution in [0.15, 0.2) is 6.20 Å². The van der Waals surface area contributed by atoms with Gasteiger partial charge in [0.05, 0.1) is 10.6 Å². The molecule has 1 saturated heterocycles. The number of aryl methyl sites for hydroxylation is 1. The van der Waals surface area contributed by atoms with Gasteiger partial charge in [-0.2, -0.15) is 0 Å². The number of hydrogen-bond acceptors (Lipinski definition) is 5. The molecule has 1 atom stereocenters. The maximum absolute atomic E-state index is 11.1. The van der Waals surface area contributed by atoms with E-state index in [-0.39, 0.29) is 17.2 Å². The van der Waals surface area contributed by atoms with E-state index in [1.54, 1.807) is 20.0 Å². The molecule has 0 spiro atoms. The third-order valence-corrected chi connectivity index (χ3v) is 4.04. The zero-order valence-corrected chi connectivity index (χ0v) is 12.0. The molecule has 1 aromatic rings. The summed E-state index contributed by atoms with van der Waals surface area (Å²) >= 11 is 0. The van der Waals surface area contributed by atoms with Gasteiger partial charge in [-0.25, -0.2) is 0 Å². The first-order valence-corrected chi connectivity index (χ1v) is 6.95. The normalized spacial score (nSPS) is 19.4. The number of pyridine rings is 1. The molecule has 6 heteroatoms. The molecule has 0 amide bonds. The fourth-order valence-electron chi connectivity index (χ4n) is 2.89. The fraction of sp³-hybridized carbons (Fsp3) is 0.643. The van der Waals surface area contributed by atoms with E-state index in [1.807, 2.05) is 0 Å². The predicted molar refractivity (Wildman–Crippen MR) is 75.5 cm³/mol. The molecule has 1 fully saturated rings. The van der Waals surface area contributed by atoms with Crippen LogP contribution in [0.1, 0.15) is 29.7 Å². The number of aliphatic hydroxyl groups is 1. The molecule has 1 aromatic heterocycles. The molecule has 0 aliphatic carbocycles. The Balaban J connectivity index is 2.11. The Labute approximate surface area is 118 Å². The van der Waals surface area contributed by atoms with Crippen molar-refractivity contribution < 1.29 is 10.0 Å². The number of likely N-dealkylation sites (tertiary alicyclic amines) is 1. The van der Waals surface area contributed by atoms with Gasteiger partial charge in [-0.1, -0.05) is 0 Å². The van der Waals surface area contributed by atoms with E-state index < -0.39 is 0 Å². The van der Waals surface area contributed by atoms with Crippen molar-refractivity contribution in [2.75, 3.05) is 19.7 Å². The second kappa shape index (κ2) is 6.28. The largest absolute Gasteiger partial charge is 0.396 e. The minimum absolute atomic E-state index is 0.182. The van der Waals surface area contributed by atoms with Crippen LogP contribution in [0.5, 0.6) is 0 Å². The van der Waals surface area contributed by atoms with Gasteiger partial charge in [0.2, 0.25) is 0 Å². The van der Waals surface area contributed by atoms with Gasteiger partial charge in [0, 0.05) is 37.0 Å². The highest BCUT2D eigenvalue weighted by molar-refractivity contribution is 5.47. The van der Waals surface area contributed by atoms with Gasteiger partial charge in [0.25, 0.3) is 5.69 Å². The summed E-state index contributed by atoms with van der Waals surface area (Å²) < 4.78 is 0. The first-order chi connectivity index (χ1) is 9.52. The van der Waals surface area contributed by atoms with Gasteiger partial charge in [0.1, 0.15) is 0 Å². The molecule has 0 saturated carbocycles. The summed E-state index contributed by atoms with van der Waals surface area (Å²) in [7, 11) is 0. The zero-order valence-electron chi connectivity index (χ0n) is 12.0. The molecule has 2 heterocycles. The summed E-state index contributed by atoms with van der Waals surface area (Å²) in [6.45, 7) is 6.27. The van der Waals surface area contributed by atoms with Crippen LogP contribution in [-0.2, 0) is 6.54 Å². The lowest BCUT2D eigenvalue weighted by molar-refractivity contribution is -0.386. The van der Waals surface area contributed by atoms with Crippen LogP contribution < -0.4 is 0 Å². The van der Waals surface area contributed by atoms with E-state index in [0.29, 0.717) is 23.6 Å². The summed E-state index contributed by atoms with van der Waals surface area (Å²) in [4.78, 5) is 17.4. The third kappa shape index (κ3) is 3.13. The first-order valence-electron chi connectivity index (χ1n) is 6.95. The SMILES string of the molecule is Cc1cnc(CN2CCC(CCO)C2)c(C)c1[N+](=O)[O-]. The first kappa shape index (κ1) is 14.9.